The molecule has 3 aromatic rings. The standard InChI is InChI=1S/C23H24Cl2N4OS/c1-28-9-11-29(12-10-28)14-16-5-7-17(8-6-16)23-26-18(15-31-23)13-21(30)27-22-19(24)3-2-4-20(22)25/h2-8,15H,9-14H2,1H3,(H,27,30). The second kappa shape index (κ2) is 10.1. The summed E-state index contributed by atoms with van der Waals surface area (Å²) in [6.45, 7) is 5.43. The Morgan fingerprint density at radius 1 is 1.06 bits per heavy atom. The third-order valence-electron chi connectivity index (χ3n) is 5.32. The highest BCUT2D eigenvalue weighted by molar-refractivity contribution is 7.13. The van der Waals surface area contributed by atoms with Gasteiger partial charge in [0, 0.05) is 43.7 Å². The first kappa shape index (κ1) is 22.2. The van der Waals surface area contributed by atoms with E-state index >= 15 is 0 Å². The van der Waals surface area contributed by atoms with Crippen LogP contribution < -0.4 is 5.32 Å². The summed E-state index contributed by atoms with van der Waals surface area (Å²) < 4.78 is 0. The lowest BCUT2D eigenvalue weighted by molar-refractivity contribution is -0.115. The minimum Gasteiger partial charge on any atom is -0.323 e. The van der Waals surface area contributed by atoms with Gasteiger partial charge in [-0.05, 0) is 24.7 Å². The van der Waals surface area contributed by atoms with Crippen LogP contribution in [0.3, 0.4) is 0 Å². The van der Waals surface area contributed by atoms with Crippen LogP contribution >= 0.6 is 34.5 Å². The summed E-state index contributed by atoms with van der Waals surface area (Å²) in [6, 6.07) is 13.7. The van der Waals surface area contributed by atoms with E-state index in [9.17, 15) is 4.79 Å². The maximum absolute atomic E-state index is 12.4. The monoisotopic (exact) mass is 474 g/mol. The van der Waals surface area contributed by atoms with Crippen molar-refractivity contribution in [3.8, 4) is 10.6 Å². The van der Waals surface area contributed by atoms with E-state index in [0.29, 0.717) is 15.7 Å². The molecule has 0 aliphatic carbocycles. The number of piperazine rings is 1. The van der Waals surface area contributed by atoms with Crippen LogP contribution in [-0.2, 0) is 17.8 Å². The number of likely N-dealkylation sites (N-methyl/N-ethyl adjacent to an activating group) is 1. The summed E-state index contributed by atoms with van der Waals surface area (Å²) in [6.07, 6.45) is 0.166. The molecule has 5 nitrogen and oxygen atoms in total. The van der Waals surface area contributed by atoms with Crippen molar-refractivity contribution >= 4 is 46.1 Å². The normalized spacial score (nSPS) is 15.2. The molecule has 8 heteroatoms. The van der Waals surface area contributed by atoms with Crippen LogP contribution in [0.4, 0.5) is 5.69 Å². The van der Waals surface area contributed by atoms with Gasteiger partial charge in [0.05, 0.1) is 27.8 Å². The number of carbonyl (C=O) groups is 1. The van der Waals surface area contributed by atoms with E-state index < -0.39 is 0 Å². The number of hydrogen-bond donors (Lipinski definition) is 1. The van der Waals surface area contributed by atoms with Gasteiger partial charge in [-0.25, -0.2) is 4.98 Å². The molecule has 0 bridgehead atoms. The highest BCUT2D eigenvalue weighted by Gasteiger charge is 2.15. The molecular weight excluding hydrogens is 451 g/mol. The van der Waals surface area contributed by atoms with Crippen LogP contribution in [0.15, 0.2) is 47.8 Å². The Morgan fingerprint density at radius 3 is 2.42 bits per heavy atom. The molecule has 1 aliphatic rings. The van der Waals surface area contributed by atoms with E-state index in [2.05, 4.69) is 51.4 Å². The molecule has 0 unspecified atom stereocenters. The van der Waals surface area contributed by atoms with Crippen molar-refractivity contribution in [2.75, 3.05) is 38.5 Å². The van der Waals surface area contributed by atoms with Gasteiger partial charge in [-0.1, -0.05) is 53.5 Å². The van der Waals surface area contributed by atoms with Crippen LogP contribution in [-0.4, -0.2) is 53.9 Å². The third-order valence-corrected chi connectivity index (χ3v) is 6.89. The quantitative estimate of drug-likeness (QED) is 0.543. The predicted molar refractivity (Wildman–Crippen MR) is 129 cm³/mol. The fourth-order valence-corrected chi connectivity index (χ4v) is 4.82. The lowest BCUT2D eigenvalue weighted by Crippen LogP contribution is -2.43. The number of anilines is 1. The maximum atomic E-state index is 12.4. The van der Waals surface area contributed by atoms with Gasteiger partial charge in [-0.3, -0.25) is 9.69 Å². The molecule has 1 fully saturated rings. The van der Waals surface area contributed by atoms with Crippen LogP contribution in [0.2, 0.25) is 10.0 Å². The zero-order valence-corrected chi connectivity index (χ0v) is 19.6. The van der Waals surface area contributed by atoms with E-state index in [1.165, 1.54) is 16.9 Å². The van der Waals surface area contributed by atoms with Crippen molar-refractivity contribution in [2.45, 2.75) is 13.0 Å². The average molecular weight is 475 g/mol. The molecule has 0 radical (unpaired) electrons. The van der Waals surface area contributed by atoms with Gasteiger partial charge >= 0.3 is 0 Å². The highest BCUT2D eigenvalue weighted by Crippen LogP contribution is 2.30. The molecule has 2 heterocycles. The second-order valence-electron chi connectivity index (χ2n) is 7.74. The number of nitrogens with one attached hydrogen (secondary N) is 1. The third kappa shape index (κ3) is 5.84. The van der Waals surface area contributed by atoms with Crippen LogP contribution in [0.5, 0.6) is 0 Å². The van der Waals surface area contributed by atoms with Crippen LogP contribution in [0, 0.1) is 0 Å². The zero-order chi connectivity index (χ0) is 21.8. The fraction of sp³-hybridized carbons (Fsp3) is 0.304. The first-order chi connectivity index (χ1) is 15.0. The Labute approximate surface area is 196 Å². The van der Waals surface area contributed by atoms with Gasteiger partial charge < -0.3 is 10.2 Å². The predicted octanol–water partition coefficient (Wildman–Crippen LogP) is 5.05. The summed E-state index contributed by atoms with van der Waals surface area (Å²) in [5, 5.41) is 6.43. The van der Waals surface area contributed by atoms with Gasteiger partial charge in [0.15, 0.2) is 0 Å². The number of amides is 1. The van der Waals surface area contributed by atoms with Crippen molar-refractivity contribution in [3.05, 3.63) is 69.1 Å². The molecule has 0 spiro atoms. The molecule has 31 heavy (non-hydrogen) atoms. The lowest BCUT2D eigenvalue weighted by Gasteiger charge is -2.32. The molecule has 1 amide bonds. The smallest absolute Gasteiger partial charge is 0.230 e. The number of benzene rings is 2. The number of aromatic nitrogens is 1. The Kier molecular flexibility index (Phi) is 7.25. The first-order valence-electron chi connectivity index (χ1n) is 10.2. The number of hydrogen-bond acceptors (Lipinski definition) is 5. The van der Waals surface area contributed by atoms with Gasteiger partial charge in [-0.15, -0.1) is 11.3 Å². The van der Waals surface area contributed by atoms with Crippen molar-refractivity contribution in [3.63, 3.8) is 0 Å². The Bertz CT molecular complexity index is 1030. The molecule has 1 N–H and O–H groups in total. The summed E-state index contributed by atoms with van der Waals surface area (Å²) in [4.78, 5) is 21.9. The number of thiazole rings is 1. The van der Waals surface area contributed by atoms with E-state index in [4.69, 9.17) is 23.2 Å². The van der Waals surface area contributed by atoms with Crippen LogP contribution in [0.25, 0.3) is 10.6 Å². The van der Waals surface area contributed by atoms with Gasteiger partial charge in [0.1, 0.15) is 5.01 Å². The Hall–Kier alpha value is -1.96. The zero-order valence-electron chi connectivity index (χ0n) is 17.3. The molecule has 0 saturated carbocycles. The highest BCUT2D eigenvalue weighted by atomic mass is 35.5. The number of rotatable bonds is 6. The Balaban J connectivity index is 1.35. The molecule has 4 rings (SSSR count). The molecule has 0 atom stereocenters. The lowest BCUT2D eigenvalue weighted by atomic mass is 10.1. The fourth-order valence-electron chi connectivity index (χ4n) is 3.50. The van der Waals surface area contributed by atoms with Crippen molar-refractivity contribution in [2.24, 2.45) is 0 Å². The van der Waals surface area contributed by atoms with Gasteiger partial charge in [-0.2, -0.15) is 0 Å². The van der Waals surface area contributed by atoms with Crippen molar-refractivity contribution in [1.82, 2.24) is 14.8 Å². The second-order valence-corrected chi connectivity index (χ2v) is 9.41. The number of nitrogens with zero attached hydrogens (tertiary/aromatic N) is 3. The van der Waals surface area contributed by atoms with E-state index in [-0.39, 0.29) is 12.3 Å². The minimum atomic E-state index is -0.200. The van der Waals surface area contributed by atoms with E-state index in [1.807, 2.05) is 5.38 Å². The summed E-state index contributed by atoms with van der Waals surface area (Å²) in [7, 11) is 2.17. The maximum Gasteiger partial charge on any atom is 0.230 e. The van der Waals surface area contributed by atoms with Gasteiger partial charge in [0.25, 0.3) is 0 Å². The number of halogens is 2. The van der Waals surface area contributed by atoms with Crippen molar-refractivity contribution in [1.29, 1.82) is 0 Å². The summed E-state index contributed by atoms with van der Waals surface area (Å²) >= 11 is 13.8. The van der Waals surface area contributed by atoms with Crippen LogP contribution in [0.1, 0.15) is 11.3 Å². The van der Waals surface area contributed by atoms with E-state index in [0.717, 1.165) is 49.0 Å². The number of carbonyl (C=O) groups excluding carboxylic acids is 1. The summed E-state index contributed by atoms with van der Waals surface area (Å²) in [5.41, 5.74) is 3.53. The SMILES string of the molecule is CN1CCN(Cc2ccc(-c3nc(CC(=O)Nc4c(Cl)cccc4Cl)cs3)cc2)CC1. The van der Waals surface area contributed by atoms with E-state index in [1.54, 1.807) is 18.2 Å². The Morgan fingerprint density at radius 2 is 1.74 bits per heavy atom. The molecule has 1 aliphatic heterocycles. The molecule has 1 saturated heterocycles. The molecule has 1 aromatic heterocycles. The summed E-state index contributed by atoms with van der Waals surface area (Å²) in [5.74, 6) is -0.200. The van der Waals surface area contributed by atoms with Gasteiger partial charge in [0.2, 0.25) is 5.91 Å². The molecule has 162 valence electrons. The topological polar surface area (TPSA) is 48.5 Å². The molecule has 2 aromatic carbocycles. The number of para-hydroxylation sites is 1. The largest absolute Gasteiger partial charge is 0.323 e. The van der Waals surface area contributed by atoms with Crippen molar-refractivity contribution < 1.29 is 4.79 Å². The first-order valence-corrected chi connectivity index (χ1v) is 11.8. The molecular formula is C23H24Cl2N4OS. The average Bonchev–Trinajstić information content (AvgIpc) is 3.21. The minimum absolute atomic E-state index is 0.166.